The molecule has 0 unspecified atom stereocenters. The highest BCUT2D eigenvalue weighted by Gasteiger charge is 2.39. The van der Waals surface area contributed by atoms with Gasteiger partial charge in [0, 0.05) is 48.2 Å². The molecule has 1 aliphatic carbocycles. The van der Waals surface area contributed by atoms with Crippen molar-refractivity contribution in [2.75, 3.05) is 5.32 Å². The first-order valence-electron chi connectivity index (χ1n) is 9.03. The number of anilines is 1. The monoisotopic (exact) mass is 347 g/mol. The zero-order valence-electron chi connectivity index (χ0n) is 14.6. The number of benzene rings is 1. The van der Waals surface area contributed by atoms with E-state index in [-0.39, 0.29) is 5.91 Å². The first-order valence-corrected chi connectivity index (χ1v) is 9.03. The summed E-state index contributed by atoms with van der Waals surface area (Å²) in [7, 11) is 0. The average molecular weight is 347 g/mol. The number of carbonyl (C=O) groups excluding carboxylic acids is 1. The highest BCUT2D eigenvalue weighted by molar-refractivity contribution is 5.91. The molecule has 2 aliphatic rings. The quantitative estimate of drug-likeness (QED) is 0.746. The van der Waals surface area contributed by atoms with Gasteiger partial charge in [0.05, 0.1) is 5.69 Å². The number of H-pyrrole nitrogens is 1. The minimum absolute atomic E-state index is 0.0354. The molecule has 1 aromatic carbocycles. The Bertz CT molecular complexity index is 899. The summed E-state index contributed by atoms with van der Waals surface area (Å²) >= 11 is 0. The number of amides is 1. The summed E-state index contributed by atoms with van der Waals surface area (Å²) in [6.45, 7) is 0. The Kier molecular flexibility index (Phi) is 4.29. The van der Waals surface area contributed by atoms with Gasteiger partial charge in [0.1, 0.15) is 0 Å². The standard InChI is InChI=1S/C20H21N5O/c1-2-3-11-20(24-25-20)12-10-18(26)21-15-7-4-6-14(13-15)19-16-8-5-9-17(16)22-23-19/h1,4,6-7,13H,3,5,8-12H2,(H,21,26)(H,22,23). The van der Waals surface area contributed by atoms with Crippen LogP contribution in [0.25, 0.3) is 11.3 Å². The Hall–Kier alpha value is -2.94. The van der Waals surface area contributed by atoms with Crippen molar-refractivity contribution in [3.63, 3.8) is 0 Å². The summed E-state index contributed by atoms with van der Waals surface area (Å²) in [5.41, 5.74) is 4.94. The van der Waals surface area contributed by atoms with Crippen molar-refractivity contribution in [2.45, 2.75) is 50.6 Å². The topological polar surface area (TPSA) is 82.5 Å². The van der Waals surface area contributed by atoms with Gasteiger partial charge in [0.2, 0.25) is 5.91 Å². The molecule has 0 spiro atoms. The lowest BCUT2D eigenvalue weighted by molar-refractivity contribution is -0.116. The number of nitrogens with one attached hydrogen (secondary N) is 2. The summed E-state index contributed by atoms with van der Waals surface area (Å²) in [4.78, 5) is 12.3. The molecule has 132 valence electrons. The van der Waals surface area contributed by atoms with Gasteiger partial charge in [-0.25, -0.2) is 0 Å². The maximum absolute atomic E-state index is 12.3. The van der Waals surface area contributed by atoms with Gasteiger partial charge in [-0.05, 0) is 31.4 Å². The molecular formula is C20H21N5O. The number of aromatic nitrogens is 2. The van der Waals surface area contributed by atoms with Crippen molar-refractivity contribution >= 4 is 11.6 Å². The Morgan fingerprint density at radius 2 is 2.19 bits per heavy atom. The third-order valence-electron chi connectivity index (χ3n) is 5.03. The highest BCUT2D eigenvalue weighted by Crippen LogP contribution is 2.37. The van der Waals surface area contributed by atoms with Crippen LogP contribution in [-0.2, 0) is 17.6 Å². The van der Waals surface area contributed by atoms with Crippen molar-refractivity contribution in [1.82, 2.24) is 10.2 Å². The first kappa shape index (κ1) is 16.5. The Balaban J connectivity index is 1.38. The molecule has 0 bridgehead atoms. The van der Waals surface area contributed by atoms with E-state index in [1.165, 1.54) is 17.7 Å². The number of terminal acetylenes is 1. The van der Waals surface area contributed by atoms with Gasteiger partial charge >= 0.3 is 0 Å². The van der Waals surface area contributed by atoms with Gasteiger partial charge in [-0.3, -0.25) is 9.89 Å². The molecule has 1 aliphatic heterocycles. The second kappa shape index (κ2) is 6.75. The lowest BCUT2D eigenvalue weighted by Crippen LogP contribution is -2.17. The molecule has 6 nitrogen and oxygen atoms in total. The van der Waals surface area contributed by atoms with Gasteiger partial charge in [-0.2, -0.15) is 15.3 Å². The van der Waals surface area contributed by atoms with Crippen LogP contribution in [0.1, 0.15) is 43.4 Å². The van der Waals surface area contributed by atoms with Gasteiger partial charge in [-0.15, -0.1) is 12.3 Å². The van der Waals surface area contributed by atoms with Crippen LogP contribution >= 0.6 is 0 Å². The lowest BCUT2D eigenvalue weighted by atomic mass is 10.0. The predicted molar refractivity (Wildman–Crippen MR) is 99.6 cm³/mol. The van der Waals surface area contributed by atoms with E-state index in [9.17, 15) is 4.79 Å². The predicted octanol–water partition coefficient (Wildman–Crippen LogP) is 3.86. The molecule has 0 atom stereocenters. The van der Waals surface area contributed by atoms with Crippen LogP contribution in [0.15, 0.2) is 34.5 Å². The van der Waals surface area contributed by atoms with Gasteiger partial charge < -0.3 is 5.32 Å². The number of hydrogen-bond acceptors (Lipinski definition) is 4. The maximum atomic E-state index is 12.3. The number of rotatable bonds is 7. The number of aryl methyl sites for hydroxylation is 1. The largest absolute Gasteiger partial charge is 0.326 e. The van der Waals surface area contributed by atoms with E-state index in [1.807, 2.05) is 24.3 Å². The molecule has 1 amide bonds. The van der Waals surface area contributed by atoms with Crippen molar-refractivity contribution < 1.29 is 4.79 Å². The normalized spacial score (nSPS) is 16.1. The second-order valence-electron chi connectivity index (χ2n) is 6.90. The Morgan fingerprint density at radius 1 is 1.31 bits per heavy atom. The molecule has 4 rings (SSSR count). The lowest BCUT2D eigenvalue weighted by Gasteiger charge is -2.10. The van der Waals surface area contributed by atoms with Crippen LogP contribution in [0.4, 0.5) is 5.69 Å². The van der Waals surface area contributed by atoms with Crippen molar-refractivity contribution in [3.05, 3.63) is 35.5 Å². The summed E-state index contributed by atoms with van der Waals surface area (Å²) in [5.74, 6) is 2.56. The van der Waals surface area contributed by atoms with Gasteiger partial charge in [0.25, 0.3) is 0 Å². The van der Waals surface area contributed by atoms with E-state index in [0.717, 1.165) is 36.2 Å². The fraction of sp³-hybridized carbons (Fsp3) is 0.400. The Labute approximate surface area is 152 Å². The molecule has 1 aromatic heterocycles. The molecule has 0 fully saturated rings. The average Bonchev–Trinajstić information content (AvgIpc) is 3.06. The fourth-order valence-electron chi connectivity index (χ4n) is 3.51. The van der Waals surface area contributed by atoms with E-state index in [1.54, 1.807) is 0 Å². The summed E-state index contributed by atoms with van der Waals surface area (Å²) in [6.07, 6.45) is 10.9. The fourth-order valence-corrected chi connectivity index (χ4v) is 3.51. The van der Waals surface area contributed by atoms with Crippen LogP contribution in [0.5, 0.6) is 0 Å². The zero-order chi connectivity index (χ0) is 18.0. The molecular weight excluding hydrogens is 326 g/mol. The maximum Gasteiger partial charge on any atom is 0.224 e. The van der Waals surface area contributed by atoms with Crippen LogP contribution in [0.3, 0.4) is 0 Å². The van der Waals surface area contributed by atoms with E-state index in [2.05, 4.69) is 31.7 Å². The molecule has 2 N–H and O–H groups in total. The van der Waals surface area contributed by atoms with Crippen LogP contribution < -0.4 is 5.32 Å². The van der Waals surface area contributed by atoms with Crippen molar-refractivity contribution in [2.24, 2.45) is 10.2 Å². The minimum Gasteiger partial charge on any atom is -0.326 e. The van der Waals surface area contributed by atoms with Crippen LogP contribution in [-0.4, -0.2) is 21.8 Å². The molecule has 0 saturated carbocycles. The van der Waals surface area contributed by atoms with E-state index >= 15 is 0 Å². The second-order valence-corrected chi connectivity index (χ2v) is 6.90. The number of nitrogens with zero attached hydrogens (tertiary/aromatic N) is 3. The first-order chi connectivity index (χ1) is 12.7. The third-order valence-corrected chi connectivity index (χ3v) is 5.03. The Morgan fingerprint density at radius 3 is 3.00 bits per heavy atom. The number of aromatic amines is 1. The zero-order valence-corrected chi connectivity index (χ0v) is 14.6. The molecule has 26 heavy (non-hydrogen) atoms. The van der Waals surface area contributed by atoms with Crippen LogP contribution in [0.2, 0.25) is 0 Å². The molecule has 2 heterocycles. The summed E-state index contributed by atoms with van der Waals surface area (Å²) in [5, 5.41) is 18.7. The SMILES string of the molecule is C#CCCC1(CCC(=O)Nc2cccc(-c3n[nH]c4c3CCC4)c2)N=N1. The summed E-state index contributed by atoms with van der Waals surface area (Å²) < 4.78 is 0. The summed E-state index contributed by atoms with van der Waals surface area (Å²) in [6, 6.07) is 7.85. The van der Waals surface area contributed by atoms with E-state index in [4.69, 9.17) is 6.42 Å². The smallest absolute Gasteiger partial charge is 0.224 e. The van der Waals surface area contributed by atoms with Gasteiger partial charge in [0.15, 0.2) is 5.66 Å². The van der Waals surface area contributed by atoms with E-state index in [0.29, 0.717) is 19.3 Å². The third kappa shape index (κ3) is 3.38. The number of hydrogen-bond donors (Lipinski definition) is 2. The van der Waals surface area contributed by atoms with Crippen LogP contribution in [0, 0.1) is 12.3 Å². The van der Waals surface area contributed by atoms with Crippen molar-refractivity contribution in [3.8, 4) is 23.6 Å². The molecule has 6 heteroatoms. The van der Waals surface area contributed by atoms with Gasteiger partial charge in [-0.1, -0.05) is 12.1 Å². The molecule has 0 radical (unpaired) electrons. The van der Waals surface area contributed by atoms with Crippen molar-refractivity contribution in [1.29, 1.82) is 0 Å². The molecule has 2 aromatic rings. The molecule has 0 saturated heterocycles. The number of fused-ring (bicyclic) bond motifs is 1. The highest BCUT2D eigenvalue weighted by atomic mass is 16.1. The minimum atomic E-state index is -0.416. The van der Waals surface area contributed by atoms with E-state index < -0.39 is 5.66 Å². The number of carbonyl (C=O) groups is 1.